The SMILES string of the molecule is CCN(CC)c1ccc(NC(=O)CSc2nnc(-c3ccc(C)cc3)n2-c2ccc(Cl)cc2)cc1. The predicted octanol–water partition coefficient (Wildman–Crippen LogP) is 6.47. The van der Waals surface area contributed by atoms with Gasteiger partial charge in [0.05, 0.1) is 5.75 Å². The first-order valence-electron chi connectivity index (χ1n) is 11.5. The van der Waals surface area contributed by atoms with Crippen molar-refractivity contribution in [3.05, 3.63) is 83.4 Å². The number of carbonyl (C=O) groups is 1. The number of amides is 1. The van der Waals surface area contributed by atoms with Gasteiger partial charge in [0.2, 0.25) is 5.91 Å². The number of hydrogen-bond acceptors (Lipinski definition) is 5. The van der Waals surface area contributed by atoms with Gasteiger partial charge in [0, 0.05) is 40.7 Å². The van der Waals surface area contributed by atoms with E-state index in [9.17, 15) is 4.79 Å². The molecule has 0 fully saturated rings. The number of nitrogens with zero attached hydrogens (tertiary/aromatic N) is 4. The molecule has 4 aromatic rings. The van der Waals surface area contributed by atoms with Crippen molar-refractivity contribution in [2.75, 3.05) is 29.1 Å². The third-order valence-electron chi connectivity index (χ3n) is 5.64. The van der Waals surface area contributed by atoms with Gasteiger partial charge in [-0.05, 0) is 69.3 Å². The van der Waals surface area contributed by atoms with Gasteiger partial charge in [0.25, 0.3) is 0 Å². The van der Waals surface area contributed by atoms with Crippen LogP contribution in [-0.4, -0.2) is 39.5 Å². The molecule has 0 radical (unpaired) electrons. The van der Waals surface area contributed by atoms with Crippen LogP contribution >= 0.6 is 23.4 Å². The molecule has 1 heterocycles. The lowest BCUT2D eigenvalue weighted by atomic mass is 10.1. The van der Waals surface area contributed by atoms with Gasteiger partial charge in [-0.1, -0.05) is 53.2 Å². The van der Waals surface area contributed by atoms with Crippen molar-refractivity contribution in [1.29, 1.82) is 0 Å². The molecule has 1 N–H and O–H groups in total. The van der Waals surface area contributed by atoms with Crippen LogP contribution in [0.3, 0.4) is 0 Å². The summed E-state index contributed by atoms with van der Waals surface area (Å²) in [6.07, 6.45) is 0. The molecule has 0 atom stereocenters. The zero-order chi connectivity index (χ0) is 24.8. The van der Waals surface area contributed by atoms with Crippen LogP contribution in [-0.2, 0) is 4.79 Å². The maximum atomic E-state index is 12.7. The number of aryl methyl sites for hydroxylation is 1. The molecule has 0 unspecified atom stereocenters. The Morgan fingerprint density at radius 3 is 2.23 bits per heavy atom. The highest BCUT2D eigenvalue weighted by atomic mass is 35.5. The minimum absolute atomic E-state index is 0.104. The van der Waals surface area contributed by atoms with Gasteiger partial charge in [0.15, 0.2) is 11.0 Å². The average Bonchev–Trinajstić information content (AvgIpc) is 3.29. The van der Waals surface area contributed by atoms with Crippen LogP contribution in [0.5, 0.6) is 0 Å². The standard InChI is InChI=1S/C27H28ClN5OS/c1-4-32(5-2)23-16-12-22(13-17-23)29-25(34)18-35-27-31-30-26(20-8-6-19(3)7-9-20)33(27)24-14-10-21(28)11-15-24/h6-17H,4-5,18H2,1-3H3,(H,29,34). The molecule has 3 aromatic carbocycles. The second kappa shape index (κ2) is 11.4. The van der Waals surface area contributed by atoms with Crippen molar-refractivity contribution in [3.8, 4) is 17.1 Å². The maximum Gasteiger partial charge on any atom is 0.234 e. The fourth-order valence-corrected chi connectivity index (χ4v) is 4.63. The van der Waals surface area contributed by atoms with E-state index in [0.717, 1.165) is 35.7 Å². The summed E-state index contributed by atoms with van der Waals surface area (Å²) < 4.78 is 1.96. The van der Waals surface area contributed by atoms with Gasteiger partial charge in [-0.25, -0.2) is 0 Å². The molecular formula is C27H28ClN5OS. The minimum Gasteiger partial charge on any atom is -0.372 e. The molecule has 0 aliphatic rings. The van der Waals surface area contributed by atoms with Gasteiger partial charge in [-0.15, -0.1) is 10.2 Å². The van der Waals surface area contributed by atoms with Crippen LogP contribution in [0.4, 0.5) is 11.4 Å². The van der Waals surface area contributed by atoms with Crippen LogP contribution in [0.1, 0.15) is 19.4 Å². The molecule has 8 heteroatoms. The molecule has 1 aromatic heterocycles. The highest BCUT2D eigenvalue weighted by Crippen LogP contribution is 2.29. The average molecular weight is 506 g/mol. The third kappa shape index (κ3) is 6.05. The van der Waals surface area contributed by atoms with E-state index in [-0.39, 0.29) is 11.7 Å². The fraction of sp³-hybridized carbons (Fsp3) is 0.222. The molecule has 6 nitrogen and oxygen atoms in total. The van der Waals surface area contributed by atoms with Crippen LogP contribution in [0.25, 0.3) is 17.1 Å². The molecule has 1 amide bonds. The summed E-state index contributed by atoms with van der Waals surface area (Å²) in [5, 5.41) is 13.1. The number of anilines is 2. The van der Waals surface area contributed by atoms with Crippen molar-refractivity contribution >= 4 is 40.6 Å². The molecule has 0 aliphatic heterocycles. The van der Waals surface area contributed by atoms with Gasteiger partial charge >= 0.3 is 0 Å². The first-order chi connectivity index (χ1) is 17.0. The second-order valence-electron chi connectivity index (χ2n) is 8.04. The topological polar surface area (TPSA) is 63.1 Å². The summed E-state index contributed by atoms with van der Waals surface area (Å²) in [7, 11) is 0. The highest BCUT2D eigenvalue weighted by molar-refractivity contribution is 7.99. The molecule has 4 rings (SSSR count). The zero-order valence-corrected chi connectivity index (χ0v) is 21.6. The first-order valence-corrected chi connectivity index (χ1v) is 12.9. The minimum atomic E-state index is -0.104. The quantitative estimate of drug-likeness (QED) is 0.264. The van der Waals surface area contributed by atoms with Crippen LogP contribution in [0.2, 0.25) is 5.02 Å². The van der Waals surface area contributed by atoms with E-state index in [2.05, 4.69) is 34.3 Å². The van der Waals surface area contributed by atoms with Crippen molar-refractivity contribution in [2.24, 2.45) is 0 Å². The monoisotopic (exact) mass is 505 g/mol. The van der Waals surface area contributed by atoms with E-state index in [0.29, 0.717) is 16.0 Å². The maximum absolute atomic E-state index is 12.7. The Bertz CT molecular complexity index is 1270. The summed E-state index contributed by atoms with van der Waals surface area (Å²) in [5.74, 6) is 0.813. The van der Waals surface area contributed by atoms with Crippen LogP contribution < -0.4 is 10.2 Å². The van der Waals surface area contributed by atoms with Gasteiger partial charge < -0.3 is 10.2 Å². The fourth-order valence-electron chi connectivity index (χ4n) is 3.75. The summed E-state index contributed by atoms with van der Waals surface area (Å²) in [6.45, 7) is 8.19. The molecule has 0 saturated heterocycles. The number of rotatable bonds is 9. The normalized spacial score (nSPS) is 10.9. The van der Waals surface area contributed by atoms with E-state index in [1.54, 1.807) is 0 Å². The number of hydrogen-bond donors (Lipinski definition) is 1. The lowest BCUT2D eigenvalue weighted by Gasteiger charge is -2.21. The number of aromatic nitrogens is 3. The number of thioether (sulfide) groups is 1. The van der Waals surface area contributed by atoms with Crippen LogP contribution in [0, 0.1) is 6.92 Å². The zero-order valence-electron chi connectivity index (χ0n) is 20.0. The predicted molar refractivity (Wildman–Crippen MR) is 146 cm³/mol. The van der Waals surface area contributed by atoms with Gasteiger partial charge in [-0.3, -0.25) is 9.36 Å². The molecule has 0 aliphatic carbocycles. The number of nitrogens with one attached hydrogen (secondary N) is 1. The number of carbonyl (C=O) groups excluding carboxylic acids is 1. The summed E-state index contributed by atoms with van der Waals surface area (Å²) in [4.78, 5) is 15.0. The molecule has 0 bridgehead atoms. The van der Waals surface area contributed by atoms with E-state index in [1.807, 2.05) is 84.3 Å². The van der Waals surface area contributed by atoms with E-state index >= 15 is 0 Å². The molecule has 0 saturated carbocycles. The van der Waals surface area contributed by atoms with Crippen molar-refractivity contribution in [3.63, 3.8) is 0 Å². The largest absolute Gasteiger partial charge is 0.372 e. The third-order valence-corrected chi connectivity index (χ3v) is 6.82. The second-order valence-corrected chi connectivity index (χ2v) is 9.42. The molecule has 180 valence electrons. The molecular weight excluding hydrogens is 478 g/mol. The summed E-state index contributed by atoms with van der Waals surface area (Å²) >= 11 is 7.45. The van der Waals surface area contributed by atoms with E-state index in [1.165, 1.54) is 17.3 Å². The Balaban J connectivity index is 1.51. The Labute approximate surface area is 215 Å². The highest BCUT2D eigenvalue weighted by Gasteiger charge is 2.17. The van der Waals surface area contributed by atoms with Gasteiger partial charge in [-0.2, -0.15) is 0 Å². The van der Waals surface area contributed by atoms with Crippen molar-refractivity contribution in [1.82, 2.24) is 14.8 Å². The van der Waals surface area contributed by atoms with Crippen molar-refractivity contribution < 1.29 is 4.79 Å². The lowest BCUT2D eigenvalue weighted by molar-refractivity contribution is -0.113. The van der Waals surface area contributed by atoms with E-state index in [4.69, 9.17) is 11.6 Å². The first kappa shape index (κ1) is 24.8. The Morgan fingerprint density at radius 1 is 0.943 bits per heavy atom. The summed E-state index contributed by atoms with van der Waals surface area (Å²) in [6, 6.07) is 23.6. The summed E-state index contributed by atoms with van der Waals surface area (Å²) in [5.41, 5.74) is 4.91. The van der Waals surface area contributed by atoms with Crippen molar-refractivity contribution in [2.45, 2.75) is 25.9 Å². The number of halogens is 1. The van der Waals surface area contributed by atoms with E-state index < -0.39 is 0 Å². The van der Waals surface area contributed by atoms with Crippen LogP contribution in [0.15, 0.2) is 78.0 Å². The Hall–Kier alpha value is -3.29. The molecule has 35 heavy (non-hydrogen) atoms. The Morgan fingerprint density at radius 2 is 1.60 bits per heavy atom. The van der Waals surface area contributed by atoms with Gasteiger partial charge in [0.1, 0.15) is 0 Å². The lowest BCUT2D eigenvalue weighted by Crippen LogP contribution is -2.21. The Kier molecular flexibility index (Phi) is 8.10. The molecule has 0 spiro atoms. The number of benzene rings is 3. The smallest absolute Gasteiger partial charge is 0.234 e.